The number of nitrogens with two attached hydrogens (primary N) is 1. The van der Waals surface area contributed by atoms with Gasteiger partial charge in [0, 0.05) is 3.57 Å². The first-order chi connectivity index (χ1) is 7.00. The number of carbonyl (C=O) groups is 1. The summed E-state index contributed by atoms with van der Waals surface area (Å²) in [6.45, 7) is 0. The molecule has 0 fully saturated rings. The van der Waals surface area contributed by atoms with Gasteiger partial charge in [0.2, 0.25) is 5.96 Å². The van der Waals surface area contributed by atoms with Gasteiger partial charge < -0.3 is 11.1 Å². The lowest BCUT2D eigenvalue weighted by Gasteiger charge is -2.10. The standard InChI is InChI=1S/C8H8ClIN4O/c9-4-2-1-3-5(10)6(4)13-7(11)14-8(12)15/h1-3H,(H5,11,12,13,14,15). The second-order valence-electron chi connectivity index (χ2n) is 2.59. The third kappa shape index (κ3) is 3.56. The Morgan fingerprint density at radius 1 is 1.53 bits per heavy atom. The van der Waals surface area contributed by atoms with E-state index in [4.69, 9.17) is 22.7 Å². The van der Waals surface area contributed by atoms with Crippen LogP contribution in [-0.4, -0.2) is 12.0 Å². The predicted molar refractivity (Wildman–Crippen MR) is 68.2 cm³/mol. The summed E-state index contributed by atoms with van der Waals surface area (Å²) in [6.07, 6.45) is 0. The van der Waals surface area contributed by atoms with Crippen molar-refractivity contribution in [1.82, 2.24) is 5.32 Å². The molecule has 0 bridgehead atoms. The summed E-state index contributed by atoms with van der Waals surface area (Å²) >= 11 is 7.97. The first-order valence-corrected chi connectivity index (χ1v) is 5.32. The molecule has 1 rings (SSSR count). The average molecular weight is 339 g/mol. The second-order valence-corrected chi connectivity index (χ2v) is 4.16. The van der Waals surface area contributed by atoms with Crippen LogP contribution < -0.4 is 16.4 Å². The van der Waals surface area contributed by atoms with Crippen LogP contribution in [-0.2, 0) is 0 Å². The topological polar surface area (TPSA) is 91.0 Å². The number of anilines is 1. The summed E-state index contributed by atoms with van der Waals surface area (Å²) in [5.74, 6) is -0.214. The lowest BCUT2D eigenvalue weighted by molar-refractivity contribution is 0.253. The van der Waals surface area contributed by atoms with Crippen molar-refractivity contribution in [3.63, 3.8) is 0 Å². The molecule has 0 aromatic heterocycles. The highest BCUT2D eigenvalue weighted by Gasteiger charge is 2.07. The maximum atomic E-state index is 10.5. The quantitative estimate of drug-likeness (QED) is 0.358. The Morgan fingerprint density at radius 3 is 2.73 bits per heavy atom. The van der Waals surface area contributed by atoms with Crippen LogP contribution in [0.15, 0.2) is 18.2 Å². The number of urea groups is 1. The molecule has 0 unspecified atom stereocenters. The molecular formula is C8H8ClIN4O. The highest BCUT2D eigenvalue weighted by Crippen LogP contribution is 2.26. The Hall–Kier alpha value is -1.02. The first-order valence-electron chi connectivity index (χ1n) is 3.86. The van der Waals surface area contributed by atoms with Gasteiger partial charge in [-0.15, -0.1) is 0 Å². The van der Waals surface area contributed by atoms with Gasteiger partial charge in [0.1, 0.15) is 0 Å². The van der Waals surface area contributed by atoms with Gasteiger partial charge in [0.05, 0.1) is 10.7 Å². The SMILES string of the molecule is N=C(NC(N)=O)Nc1c(Cl)cccc1I. The molecule has 80 valence electrons. The van der Waals surface area contributed by atoms with E-state index in [0.717, 1.165) is 3.57 Å². The first kappa shape index (κ1) is 12.1. The predicted octanol–water partition coefficient (Wildman–Crippen LogP) is 1.96. The Kier molecular flexibility index (Phi) is 4.15. The van der Waals surface area contributed by atoms with Gasteiger partial charge in [-0.25, -0.2) is 4.79 Å². The van der Waals surface area contributed by atoms with Crippen molar-refractivity contribution in [3.8, 4) is 0 Å². The van der Waals surface area contributed by atoms with Crippen molar-refractivity contribution in [1.29, 1.82) is 5.41 Å². The summed E-state index contributed by atoms with van der Waals surface area (Å²) < 4.78 is 0.844. The fraction of sp³-hybridized carbons (Fsp3) is 0. The van der Waals surface area contributed by atoms with Crippen molar-refractivity contribution in [2.75, 3.05) is 5.32 Å². The monoisotopic (exact) mass is 338 g/mol. The van der Waals surface area contributed by atoms with Crippen molar-refractivity contribution >= 4 is 51.9 Å². The molecule has 0 spiro atoms. The molecule has 1 aromatic carbocycles. The molecule has 15 heavy (non-hydrogen) atoms. The average Bonchev–Trinajstić information content (AvgIpc) is 2.10. The van der Waals surface area contributed by atoms with Crippen molar-refractivity contribution in [2.24, 2.45) is 5.73 Å². The van der Waals surface area contributed by atoms with Crippen LogP contribution in [0.2, 0.25) is 5.02 Å². The molecule has 0 aliphatic heterocycles. The van der Waals surface area contributed by atoms with E-state index in [1.165, 1.54) is 0 Å². The van der Waals surface area contributed by atoms with Gasteiger partial charge in [-0.05, 0) is 34.7 Å². The number of rotatable bonds is 1. The van der Waals surface area contributed by atoms with Gasteiger partial charge in [-0.2, -0.15) is 0 Å². The van der Waals surface area contributed by atoms with Crippen molar-refractivity contribution in [3.05, 3.63) is 26.8 Å². The number of hydrogen-bond acceptors (Lipinski definition) is 2. The highest BCUT2D eigenvalue weighted by molar-refractivity contribution is 14.1. The van der Waals surface area contributed by atoms with Crippen LogP contribution in [0.3, 0.4) is 0 Å². The molecule has 5 nitrogen and oxygen atoms in total. The van der Waals surface area contributed by atoms with E-state index < -0.39 is 6.03 Å². The lowest BCUT2D eigenvalue weighted by atomic mass is 10.3. The third-order valence-corrected chi connectivity index (χ3v) is 2.67. The molecular weight excluding hydrogens is 330 g/mol. The third-order valence-electron chi connectivity index (χ3n) is 1.46. The fourth-order valence-corrected chi connectivity index (χ4v) is 1.91. The highest BCUT2D eigenvalue weighted by atomic mass is 127. The molecule has 0 saturated heterocycles. The van der Waals surface area contributed by atoms with Crippen molar-refractivity contribution < 1.29 is 4.79 Å². The normalized spacial score (nSPS) is 9.47. The summed E-state index contributed by atoms with van der Waals surface area (Å²) in [4.78, 5) is 10.5. The molecule has 2 amide bonds. The summed E-state index contributed by atoms with van der Waals surface area (Å²) in [7, 11) is 0. The smallest absolute Gasteiger partial charge is 0.318 e. The van der Waals surface area contributed by atoms with Crippen LogP contribution in [0.4, 0.5) is 10.5 Å². The van der Waals surface area contributed by atoms with E-state index >= 15 is 0 Å². The Bertz CT molecular complexity index is 389. The van der Waals surface area contributed by atoms with Crippen LogP contribution in [0.1, 0.15) is 0 Å². The second kappa shape index (κ2) is 5.17. The number of amides is 2. The van der Waals surface area contributed by atoms with E-state index in [-0.39, 0.29) is 5.96 Å². The summed E-state index contributed by atoms with van der Waals surface area (Å²) in [5, 5.41) is 12.6. The van der Waals surface area contributed by atoms with Gasteiger partial charge in [-0.3, -0.25) is 10.7 Å². The van der Waals surface area contributed by atoms with Crippen LogP contribution in [0, 0.1) is 8.98 Å². The number of hydrogen-bond donors (Lipinski definition) is 4. The van der Waals surface area contributed by atoms with Crippen molar-refractivity contribution in [2.45, 2.75) is 0 Å². The van der Waals surface area contributed by atoms with Crippen LogP contribution >= 0.6 is 34.2 Å². The van der Waals surface area contributed by atoms with E-state index in [1.54, 1.807) is 12.1 Å². The fourth-order valence-electron chi connectivity index (χ4n) is 0.897. The van der Waals surface area contributed by atoms with Gasteiger partial charge >= 0.3 is 6.03 Å². The number of para-hydroxylation sites is 1. The number of benzene rings is 1. The molecule has 0 aliphatic carbocycles. The summed E-state index contributed by atoms with van der Waals surface area (Å²) in [6, 6.07) is 4.51. The molecule has 0 atom stereocenters. The Balaban J connectivity index is 2.80. The number of halogens is 2. The van der Waals surface area contributed by atoms with E-state index in [9.17, 15) is 4.79 Å². The molecule has 0 heterocycles. The molecule has 7 heteroatoms. The zero-order chi connectivity index (χ0) is 11.4. The molecule has 1 aromatic rings. The van der Waals surface area contributed by atoms with Crippen LogP contribution in [0.25, 0.3) is 0 Å². The van der Waals surface area contributed by atoms with E-state index in [0.29, 0.717) is 10.7 Å². The molecule has 0 saturated carbocycles. The van der Waals surface area contributed by atoms with Gasteiger partial charge in [-0.1, -0.05) is 17.7 Å². The largest absolute Gasteiger partial charge is 0.351 e. The van der Waals surface area contributed by atoms with E-state index in [1.807, 2.05) is 6.07 Å². The van der Waals surface area contributed by atoms with E-state index in [2.05, 4.69) is 33.2 Å². The number of nitrogens with one attached hydrogen (secondary N) is 3. The number of carbonyl (C=O) groups excluding carboxylic acids is 1. The molecule has 0 aliphatic rings. The lowest BCUT2D eigenvalue weighted by Crippen LogP contribution is -2.38. The zero-order valence-corrected chi connectivity index (χ0v) is 10.4. The number of guanidine groups is 1. The Labute approximate surface area is 105 Å². The Morgan fingerprint density at radius 2 is 2.20 bits per heavy atom. The minimum absolute atomic E-state index is 0.214. The van der Waals surface area contributed by atoms with Gasteiger partial charge in [0.25, 0.3) is 0 Å². The van der Waals surface area contributed by atoms with Crippen LogP contribution in [0.5, 0.6) is 0 Å². The molecule has 0 radical (unpaired) electrons. The minimum Gasteiger partial charge on any atom is -0.351 e. The maximum Gasteiger partial charge on any atom is 0.318 e. The minimum atomic E-state index is -0.797. The zero-order valence-electron chi connectivity index (χ0n) is 7.47. The van der Waals surface area contributed by atoms with Gasteiger partial charge in [0.15, 0.2) is 0 Å². The summed E-state index contributed by atoms with van der Waals surface area (Å²) in [5.41, 5.74) is 5.43. The maximum absolute atomic E-state index is 10.5. The molecule has 5 N–H and O–H groups in total. The number of primary amides is 1.